The summed E-state index contributed by atoms with van der Waals surface area (Å²) >= 11 is 0. The Bertz CT molecular complexity index is 775. The van der Waals surface area contributed by atoms with E-state index in [0.29, 0.717) is 17.0 Å². The van der Waals surface area contributed by atoms with E-state index in [1.165, 1.54) is 12.3 Å². The number of hydrogen-bond acceptors (Lipinski definition) is 2. The van der Waals surface area contributed by atoms with Gasteiger partial charge in [0.2, 0.25) is 0 Å². The molecule has 2 rings (SSSR count). The Labute approximate surface area is 139 Å². The monoisotopic (exact) mass is 385 g/mol. The highest BCUT2D eigenvalue weighted by molar-refractivity contribution is 8.45. The molecule has 134 valence electrons. The first kappa shape index (κ1) is 18.7. The summed E-state index contributed by atoms with van der Waals surface area (Å²) in [5.74, 6) is 0. The second-order valence-electron chi connectivity index (χ2n) is 5.39. The van der Waals surface area contributed by atoms with Gasteiger partial charge in [-0.05, 0) is 42.8 Å². The van der Waals surface area contributed by atoms with Crippen LogP contribution < -0.4 is 5.32 Å². The summed E-state index contributed by atoms with van der Waals surface area (Å²) in [5, 5.41) is 2.76. The number of hydrogen-bond donors (Lipinski definition) is 1. The maximum atomic E-state index is 12.9. The summed E-state index contributed by atoms with van der Waals surface area (Å²) in [6.45, 7) is 1.68. The molecule has 0 spiro atoms. The molecule has 0 aromatic heterocycles. The molecule has 0 aliphatic carbocycles. The number of rotatable bonds is 5. The van der Waals surface area contributed by atoms with Crippen LogP contribution in [0.5, 0.6) is 0 Å². The smallest absolute Gasteiger partial charge is 0.310 e. The van der Waals surface area contributed by atoms with Gasteiger partial charge in [0.25, 0.3) is 0 Å². The van der Waals surface area contributed by atoms with Gasteiger partial charge in [0.05, 0.1) is 0 Å². The minimum atomic E-state index is -9.70. The maximum Gasteiger partial charge on any atom is 0.310 e. The quantitative estimate of drug-likeness (QED) is 0.616. The molecule has 0 aliphatic heterocycles. The lowest BCUT2D eigenvalue weighted by Crippen LogP contribution is -2.09. The zero-order valence-corrected chi connectivity index (χ0v) is 14.4. The molecular weight excluding hydrogens is 369 g/mol. The van der Waals surface area contributed by atoms with Crippen molar-refractivity contribution in [1.82, 2.24) is 0 Å². The molecule has 0 radical (unpaired) electrons. The van der Waals surface area contributed by atoms with Crippen molar-refractivity contribution in [2.75, 3.05) is 11.6 Å². The van der Waals surface area contributed by atoms with Crippen molar-refractivity contribution in [1.29, 1.82) is 0 Å². The van der Waals surface area contributed by atoms with Crippen LogP contribution in [0.3, 0.4) is 0 Å². The minimum Gasteiger partial charge on any atom is -0.378 e. The molecule has 0 saturated heterocycles. The van der Waals surface area contributed by atoms with Crippen LogP contribution in [0.15, 0.2) is 58.3 Å². The van der Waals surface area contributed by atoms with Crippen molar-refractivity contribution in [2.45, 2.75) is 22.8 Å². The molecule has 0 bridgehead atoms. The first-order chi connectivity index (χ1) is 10.8. The molecule has 0 amide bonds. The summed E-state index contributed by atoms with van der Waals surface area (Å²) in [6.07, 6.45) is 1.53. The Kier molecular flexibility index (Phi) is 4.25. The fourth-order valence-electron chi connectivity index (χ4n) is 2.11. The van der Waals surface area contributed by atoms with Gasteiger partial charge in [-0.1, -0.05) is 37.6 Å². The van der Waals surface area contributed by atoms with Crippen LogP contribution in [0, 0.1) is 0 Å². The van der Waals surface area contributed by atoms with Gasteiger partial charge in [0.15, 0.2) is 0 Å². The molecule has 2 aromatic carbocycles. The van der Waals surface area contributed by atoms with Crippen LogP contribution in [0.1, 0.15) is 18.5 Å². The predicted octanol–water partition coefficient (Wildman–Crippen LogP) is 6.25. The van der Waals surface area contributed by atoms with E-state index in [9.17, 15) is 23.6 Å². The Morgan fingerprint density at radius 3 is 2.08 bits per heavy atom. The van der Waals surface area contributed by atoms with E-state index in [0.717, 1.165) is 11.6 Å². The van der Waals surface area contributed by atoms with Crippen LogP contribution in [-0.2, 0) is 10.8 Å². The summed E-state index contributed by atoms with van der Waals surface area (Å²) < 4.78 is 75.6. The van der Waals surface area contributed by atoms with Gasteiger partial charge in [0.1, 0.15) is 4.90 Å². The largest absolute Gasteiger partial charge is 0.378 e. The van der Waals surface area contributed by atoms with E-state index in [1.54, 1.807) is 31.2 Å². The van der Waals surface area contributed by atoms with Gasteiger partial charge in [-0.25, -0.2) is 0 Å². The van der Waals surface area contributed by atoms with E-state index in [2.05, 4.69) is 5.32 Å². The highest BCUT2D eigenvalue weighted by Gasteiger charge is 2.65. The molecule has 2 atom stereocenters. The van der Waals surface area contributed by atoms with Crippen molar-refractivity contribution in [3.05, 3.63) is 54.1 Å². The Morgan fingerprint density at radius 2 is 1.58 bits per heavy atom. The molecular formula is C15H16F5NOS2. The van der Waals surface area contributed by atoms with Gasteiger partial charge < -0.3 is 5.32 Å². The summed E-state index contributed by atoms with van der Waals surface area (Å²) in [4.78, 5) is -1.31. The van der Waals surface area contributed by atoms with E-state index in [-0.39, 0.29) is 5.69 Å². The Hall–Kier alpha value is -1.61. The number of anilines is 1. The first-order valence-corrected chi connectivity index (χ1v) is 10.3. The molecule has 0 heterocycles. The van der Waals surface area contributed by atoms with Crippen molar-refractivity contribution in [3.63, 3.8) is 0 Å². The standard InChI is InChI=1S/C15H16F5NOS2/c1-11(12-6-8-14(9-7-12)23(2)22)21-13-4-3-5-15(10-13)24(16,17,18,19)20/h3-11,21H,1-2H3/t11-,23+/m0/s1. The molecule has 2 aromatic rings. The third kappa shape index (κ3) is 4.70. The lowest BCUT2D eigenvalue weighted by molar-refractivity contribution is 0.364. The second-order valence-corrected chi connectivity index (χ2v) is 9.17. The van der Waals surface area contributed by atoms with Gasteiger partial charge >= 0.3 is 10.2 Å². The lowest BCUT2D eigenvalue weighted by atomic mass is 10.1. The Morgan fingerprint density at radius 1 is 1.00 bits per heavy atom. The zero-order chi connectivity index (χ0) is 18.2. The maximum absolute atomic E-state index is 12.9. The molecule has 0 saturated carbocycles. The molecule has 9 heteroatoms. The highest BCUT2D eigenvalue weighted by atomic mass is 32.5. The minimum absolute atomic E-state index is 0.0589. The third-order valence-corrected chi connectivity index (χ3v) is 5.46. The van der Waals surface area contributed by atoms with Crippen molar-refractivity contribution >= 4 is 26.7 Å². The van der Waals surface area contributed by atoms with Crippen molar-refractivity contribution in [2.24, 2.45) is 0 Å². The Balaban J connectivity index is 2.24. The summed E-state index contributed by atoms with van der Waals surface area (Å²) in [5.41, 5.74) is 0.665. The molecule has 1 N–H and O–H groups in total. The SMILES string of the molecule is C[C@H](Nc1cccc(S(F)(F)(F)(F)F)c1)c1ccc([S@@](C)=O)cc1. The molecule has 2 nitrogen and oxygen atoms in total. The predicted molar refractivity (Wildman–Crippen MR) is 88.7 cm³/mol. The topological polar surface area (TPSA) is 29.1 Å². The van der Waals surface area contributed by atoms with Crippen molar-refractivity contribution in [3.8, 4) is 0 Å². The molecule has 0 unspecified atom stereocenters. The van der Waals surface area contributed by atoms with Crippen LogP contribution in [0.2, 0.25) is 0 Å². The van der Waals surface area contributed by atoms with Crippen molar-refractivity contribution < 1.29 is 23.6 Å². The zero-order valence-electron chi connectivity index (χ0n) is 12.8. The fraction of sp³-hybridized carbons (Fsp3) is 0.200. The molecule has 0 fully saturated rings. The van der Waals surface area contributed by atoms with Crippen LogP contribution in [0.4, 0.5) is 25.1 Å². The normalized spacial score (nSPS) is 17.5. The fourth-order valence-corrected chi connectivity index (χ4v) is 3.31. The number of halogens is 5. The van der Waals surface area contributed by atoms with Crippen LogP contribution in [0.25, 0.3) is 0 Å². The van der Waals surface area contributed by atoms with Gasteiger partial charge in [0, 0.05) is 33.7 Å². The summed E-state index contributed by atoms with van der Waals surface area (Å²) in [7, 11) is -10.8. The van der Waals surface area contributed by atoms with Crippen LogP contribution >= 0.6 is 10.2 Å². The second kappa shape index (κ2) is 5.45. The molecule has 24 heavy (non-hydrogen) atoms. The van der Waals surface area contributed by atoms with Gasteiger partial charge in [-0.3, -0.25) is 4.21 Å². The average molecular weight is 385 g/mol. The number of benzene rings is 2. The third-order valence-electron chi connectivity index (χ3n) is 3.37. The van der Waals surface area contributed by atoms with E-state index < -0.39 is 32.0 Å². The van der Waals surface area contributed by atoms with E-state index >= 15 is 0 Å². The van der Waals surface area contributed by atoms with Crippen LogP contribution in [-0.4, -0.2) is 10.5 Å². The van der Waals surface area contributed by atoms with Gasteiger partial charge in [-0.2, -0.15) is 0 Å². The van der Waals surface area contributed by atoms with E-state index in [4.69, 9.17) is 0 Å². The number of nitrogens with one attached hydrogen (secondary N) is 1. The average Bonchev–Trinajstić information content (AvgIpc) is 2.45. The highest BCUT2D eigenvalue weighted by Crippen LogP contribution is 3.02. The summed E-state index contributed by atoms with van der Waals surface area (Å²) in [6, 6.07) is 9.24. The van der Waals surface area contributed by atoms with Gasteiger partial charge in [-0.15, -0.1) is 0 Å². The lowest BCUT2D eigenvalue weighted by Gasteiger charge is -2.40. The van der Waals surface area contributed by atoms with E-state index in [1.807, 2.05) is 0 Å². The molecule has 0 aliphatic rings. The first-order valence-electron chi connectivity index (χ1n) is 6.80.